The zero-order valence-electron chi connectivity index (χ0n) is 17.3. The van der Waals surface area contributed by atoms with Crippen molar-refractivity contribution in [1.29, 1.82) is 0 Å². The average molecular weight is 421 g/mol. The first-order chi connectivity index (χ1) is 13.9. The quantitative estimate of drug-likeness (QED) is 0.686. The molecule has 2 aromatic rings. The number of methoxy groups -OCH3 is 3. The molecule has 0 unspecified atom stereocenters. The Morgan fingerprint density at radius 1 is 0.828 bits per heavy atom. The van der Waals surface area contributed by atoms with Gasteiger partial charge in [-0.05, 0) is 42.3 Å². The summed E-state index contributed by atoms with van der Waals surface area (Å²) in [7, 11) is 1.12. The second-order valence-electron chi connectivity index (χ2n) is 7.02. The van der Waals surface area contributed by atoms with Crippen LogP contribution in [-0.4, -0.2) is 65.1 Å². The standard InChI is InChI=1S/C21H28N2O5S/c1-16-5-7-19(27-3)21(13-16)29(24,25)23-11-9-22(10-12-23)15-17-6-8-18(26-2)20(14-17)28-4/h5-8,13-14H,9-12,15H2,1-4H3. The molecule has 2 aromatic carbocycles. The minimum Gasteiger partial charge on any atom is -0.495 e. The van der Waals surface area contributed by atoms with Crippen molar-refractivity contribution in [3.63, 3.8) is 0 Å². The Kier molecular flexibility index (Phi) is 6.66. The van der Waals surface area contributed by atoms with Crippen molar-refractivity contribution in [2.75, 3.05) is 47.5 Å². The van der Waals surface area contributed by atoms with Crippen molar-refractivity contribution in [2.45, 2.75) is 18.4 Å². The van der Waals surface area contributed by atoms with Gasteiger partial charge in [0, 0.05) is 32.7 Å². The molecular weight excluding hydrogens is 392 g/mol. The van der Waals surface area contributed by atoms with Crippen LogP contribution in [0.2, 0.25) is 0 Å². The van der Waals surface area contributed by atoms with Crippen molar-refractivity contribution in [3.05, 3.63) is 47.5 Å². The minimum absolute atomic E-state index is 0.230. The summed E-state index contributed by atoms with van der Waals surface area (Å²) in [5, 5.41) is 0. The van der Waals surface area contributed by atoms with Crippen LogP contribution >= 0.6 is 0 Å². The fourth-order valence-corrected chi connectivity index (χ4v) is 5.15. The number of hydrogen-bond acceptors (Lipinski definition) is 6. The van der Waals surface area contributed by atoms with E-state index in [9.17, 15) is 8.42 Å². The molecular formula is C21H28N2O5S. The lowest BCUT2D eigenvalue weighted by molar-refractivity contribution is 0.181. The Balaban J connectivity index is 1.68. The molecule has 0 bridgehead atoms. The molecule has 1 saturated heterocycles. The normalized spacial score (nSPS) is 15.9. The highest BCUT2D eigenvalue weighted by Gasteiger charge is 2.31. The summed E-state index contributed by atoms with van der Waals surface area (Å²) in [4.78, 5) is 2.47. The maximum Gasteiger partial charge on any atom is 0.246 e. The lowest BCUT2D eigenvalue weighted by Gasteiger charge is -2.34. The van der Waals surface area contributed by atoms with E-state index in [-0.39, 0.29) is 4.90 Å². The van der Waals surface area contributed by atoms with E-state index in [4.69, 9.17) is 14.2 Å². The Hall–Kier alpha value is -2.29. The molecule has 0 amide bonds. The molecule has 1 aliphatic rings. The monoisotopic (exact) mass is 420 g/mol. The number of sulfonamides is 1. The van der Waals surface area contributed by atoms with E-state index in [0.29, 0.717) is 43.4 Å². The first-order valence-corrected chi connectivity index (χ1v) is 10.9. The molecule has 29 heavy (non-hydrogen) atoms. The molecule has 1 aliphatic heterocycles. The number of rotatable bonds is 7. The smallest absolute Gasteiger partial charge is 0.246 e. The van der Waals surface area contributed by atoms with Gasteiger partial charge in [-0.15, -0.1) is 0 Å². The predicted molar refractivity (Wildman–Crippen MR) is 111 cm³/mol. The average Bonchev–Trinajstić information content (AvgIpc) is 2.74. The van der Waals surface area contributed by atoms with E-state index in [0.717, 1.165) is 17.7 Å². The van der Waals surface area contributed by atoms with Crippen LogP contribution in [-0.2, 0) is 16.6 Å². The lowest BCUT2D eigenvalue weighted by Crippen LogP contribution is -2.48. The van der Waals surface area contributed by atoms with Gasteiger partial charge in [0.15, 0.2) is 11.5 Å². The van der Waals surface area contributed by atoms with Crippen molar-refractivity contribution >= 4 is 10.0 Å². The second-order valence-corrected chi connectivity index (χ2v) is 8.93. The van der Waals surface area contributed by atoms with Crippen LogP contribution in [0.25, 0.3) is 0 Å². The summed E-state index contributed by atoms with van der Waals surface area (Å²) in [6.45, 7) is 4.78. The van der Waals surface area contributed by atoms with E-state index in [1.165, 1.54) is 11.4 Å². The lowest BCUT2D eigenvalue weighted by atomic mass is 10.1. The summed E-state index contributed by atoms with van der Waals surface area (Å²) in [5.41, 5.74) is 1.98. The van der Waals surface area contributed by atoms with Gasteiger partial charge in [0.05, 0.1) is 21.3 Å². The third kappa shape index (κ3) is 4.66. The van der Waals surface area contributed by atoms with Crippen LogP contribution in [0.3, 0.4) is 0 Å². The van der Waals surface area contributed by atoms with Gasteiger partial charge in [-0.3, -0.25) is 4.90 Å². The molecule has 0 aliphatic carbocycles. The minimum atomic E-state index is -3.60. The molecule has 1 heterocycles. The number of nitrogens with zero attached hydrogens (tertiary/aromatic N) is 2. The molecule has 0 N–H and O–H groups in total. The molecule has 7 nitrogen and oxygen atoms in total. The number of aryl methyl sites for hydroxylation is 1. The van der Waals surface area contributed by atoms with E-state index >= 15 is 0 Å². The fourth-order valence-electron chi connectivity index (χ4n) is 3.49. The number of ether oxygens (including phenoxy) is 3. The molecule has 3 rings (SSSR count). The number of benzene rings is 2. The SMILES string of the molecule is COc1ccc(CN2CCN(S(=O)(=O)c3cc(C)ccc3OC)CC2)cc1OC. The van der Waals surface area contributed by atoms with Gasteiger partial charge in [-0.2, -0.15) is 4.31 Å². The summed E-state index contributed by atoms with van der Waals surface area (Å²) in [6.07, 6.45) is 0. The third-order valence-corrected chi connectivity index (χ3v) is 7.04. The largest absolute Gasteiger partial charge is 0.495 e. The molecule has 0 atom stereocenters. The third-order valence-electron chi connectivity index (χ3n) is 5.12. The van der Waals surface area contributed by atoms with Gasteiger partial charge in [0.2, 0.25) is 10.0 Å². The molecule has 0 aromatic heterocycles. The van der Waals surface area contributed by atoms with Crippen molar-refractivity contribution in [1.82, 2.24) is 9.21 Å². The Morgan fingerprint density at radius 2 is 1.45 bits per heavy atom. The summed E-state index contributed by atoms with van der Waals surface area (Å²) < 4.78 is 43.7. The first-order valence-electron chi connectivity index (χ1n) is 9.47. The molecule has 158 valence electrons. The Labute approximate surface area is 172 Å². The second kappa shape index (κ2) is 9.02. The summed E-state index contributed by atoms with van der Waals surface area (Å²) in [5.74, 6) is 1.76. The first kappa shape index (κ1) is 21.4. The van der Waals surface area contributed by atoms with Crippen LogP contribution in [0.15, 0.2) is 41.3 Å². The molecule has 8 heteroatoms. The van der Waals surface area contributed by atoms with Crippen LogP contribution in [0.4, 0.5) is 0 Å². The number of hydrogen-bond donors (Lipinski definition) is 0. The van der Waals surface area contributed by atoms with Crippen LogP contribution in [0.5, 0.6) is 17.2 Å². The highest BCUT2D eigenvalue weighted by Crippen LogP contribution is 2.30. The molecule has 1 fully saturated rings. The van der Waals surface area contributed by atoms with Gasteiger partial charge in [-0.1, -0.05) is 12.1 Å². The highest BCUT2D eigenvalue weighted by molar-refractivity contribution is 7.89. The maximum absolute atomic E-state index is 13.1. The van der Waals surface area contributed by atoms with Gasteiger partial charge >= 0.3 is 0 Å². The molecule has 0 radical (unpaired) electrons. The van der Waals surface area contributed by atoms with Gasteiger partial charge in [0.1, 0.15) is 10.6 Å². The summed E-state index contributed by atoms with van der Waals surface area (Å²) >= 11 is 0. The van der Waals surface area contributed by atoms with E-state index in [2.05, 4.69) is 4.90 Å². The van der Waals surface area contributed by atoms with Gasteiger partial charge < -0.3 is 14.2 Å². The number of piperazine rings is 1. The maximum atomic E-state index is 13.1. The zero-order chi connectivity index (χ0) is 21.0. The topological polar surface area (TPSA) is 68.3 Å². The Morgan fingerprint density at radius 3 is 2.07 bits per heavy atom. The van der Waals surface area contributed by atoms with Crippen molar-refractivity contribution in [3.8, 4) is 17.2 Å². The fraction of sp³-hybridized carbons (Fsp3) is 0.429. The van der Waals surface area contributed by atoms with Gasteiger partial charge in [0.25, 0.3) is 0 Å². The summed E-state index contributed by atoms with van der Waals surface area (Å²) in [6, 6.07) is 11.1. The van der Waals surface area contributed by atoms with Crippen molar-refractivity contribution < 1.29 is 22.6 Å². The Bertz CT molecular complexity index is 954. The van der Waals surface area contributed by atoms with Crippen LogP contribution in [0.1, 0.15) is 11.1 Å². The van der Waals surface area contributed by atoms with E-state index in [1.54, 1.807) is 26.4 Å². The van der Waals surface area contributed by atoms with Crippen LogP contribution in [0, 0.1) is 6.92 Å². The van der Waals surface area contributed by atoms with Crippen molar-refractivity contribution in [2.24, 2.45) is 0 Å². The van der Waals surface area contributed by atoms with E-state index < -0.39 is 10.0 Å². The van der Waals surface area contributed by atoms with Crippen LogP contribution < -0.4 is 14.2 Å². The predicted octanol–water partition coefficient (Wildman–Crippen LogP) is 2.53. The van der Waals surface area contributed by atoms with Gasteiger partial charge in [-0.25, -0.2) is 8.42 Å². The molecule has 0 spiro atoms. The van der Waals surface area contributed by atoms with E-state index in [1.807, 2.05) is 31.2 Å². The molecule has 0 saturated carbocycles. The zero-order valence-corrected chi connectivity index (χ0v) is 18.2. The highest BCUT2D eigenvalue weighted by atomic mass is 32.2.